The van der Waals surface area contributed by atoms with Crippen molar-refractivity contribution in [3.8, 4) is 11.5 Å². The van der Waals surface area contributed by atoms with Crippen molar-refractivity contribution in [2.75, 3.05) is 0 Å². The Kier molecular flexibility index (Phi) is 3.12. The molecule has 0 spiro atoms. The molecule has 3 aromatic rings. The maximum Gasteiger partial charge on any atom is 0.252 e. The van der Waals surface area contributed by atoms with E-state index in [0.29, 0.717) is 22.6 Å². The second kappa shape index (κ2) is 4.79. The van der Waals surface area contributed by atoms with Crippen LogP contribution in [0.4, 0.5) is 0 Å². The molecule has 0 radical (unpaired) electrons. The van der Waals surface area contributed by atoms with Crippen molar-refractivity contribution in [3.05, 3.63) is 52.5 Å². The predicted octanol–water partition coefficient (Wildman–Crippen LogP) is 4.64. The Morgan fingerprint density at radius 3 is 2.79 bits per heavy atom. The molecule has 0 aliphatic heterocycles. The van der Waals surface area contributed by atoms with E-state index in [0.717, 1.165) is 10.0 Å². The largest absolute Gasteiger partial charge is 0.436 e. The lowest BCUT2D eigenvalue weighted by atomic mass is 10.2. The molecule has 19 heavy (non-hydrogen) atoms. The Morgan fingerprint density at radius 1 is 1.21 bits per heavy atom. The summed E-state index contributed by atoms with van der Waals surface area (Å²) in [5, 5.41) is -0.506. The number of nitrogens with zero attached hydrogens (tertiary/aromatic N) is 1. The van der Waals surface area contributed by atoms with Crippen molar-refractivity contribution in [1.29, 1.82) is 0 Å². The van der Waals surface area contributed by atoms with Crippen molar-refractivity contribution in [2.45, 2.75) is 0 Å². The van der Waals surface area contributed by atoms with Gasteiger partial charge in [-0.25, -0.2) is 4.98 Å². The number of oxazole rings is 1. The van der Waals surface area contributed by atoms with Gasteiger partial charge >= 0.3 is 0 Å². The molecule has 3 nitrogen and oxygen atoms in total. The van der Waals surface area contributed by atoms with Crippen molar-refractivity contribution in [3.63, 3.8) is 0 Å². The number of rotatable bonds is 2. The van der Waals surface area contributed by atoms with Gasteiger partial charge in [-0.1, -0.05) is 22.0 Å². The summed E-state index contributed by atoms with van der Waals surface area (Å²) in [6, 6.07) is 12.6. The monoisotopic (exact) mass is 335 g/mol. The van der Waals surface area contributed by atoms with Crippen LogP contribution in [-0.4, -0.2) is 10.2 Å². The van der Waals surface area contributed by atoms with Gasteiger partial charge < -0.3 is 4.42 Å². The fourth-order valence-electron chi connectivity index (χ4n) is 1.79. The minimum Gasteiger partial charge on any atom is -0.436 e. The molecule has 0 unspecified atom stereocenters. The van der Waals surface area contributed by atoms with Gasteiger partial charge in [-0.15, -0.1) is 0 Å². The molecule has 0 N–H and O–H groups in total. The molecule has 5 heteroatoms. The summed E-state index contributed by atoms with van der Waals surface area (Å²) in [6.07, 6.45) is 0. The summed E-state index contributed by atoms with van der Waals surface area (Å²) >= 11 is 8.85. The molecule has 0 fully saturated rings. The number of fused-ring (bicyclic) bond motifs is 1. The first kappa shape index (κ1) is 12.4. The highest BCUT2D eigenvalue weighted by molar-refractivity contribution is 9.10. The fraction of sp³-hybridized carbons (Fsp3) is 0. The van der Waals surface area contributed by atoms with Gasteiger partial charge in [0.2, 0.25) is 5.89 Å². The van der Waals surface area contributed by atoms with E-state index in [4.69, 9.17) is 16.0 Å². The number of carbonyl (C=O) groups is 1. The van der Waals surface area contributed by atoms with Gasteiger partial charge in [0.1, 0.15) is 5.52 Å². The summed E-state index contributed by atoms with van der Waals surface area (Å²) < 4.78 is 6.61. The number of halogens is 2. The van der Waals surface area contributed by atoms with Crippen LogP contribution in [0.25, 0.3) is 22.6 Å². The Bertz CT molecular complexity index is 782. The van der Waals surface area contributed by atoms with E-state index in [9.17, 15) is 4.79 Å². The van der Waals surface area contributed by atoms with Crippen LogP contribution in [0.5, 0.6) is 0 Å². The van der Waals surface area contributed by atoms with Crippen molar-refractivity contribution in [2.24, 2.45) is 0 Å². The average molecular weight is 337 g/mol. The zero-order chi connectivity index (χ0) is 13.4. The summed E-state index contributed by atoms with van der Waals surface area (Å²) in [6.45, 7) is 0. The first-order valence-electron chi connectivity index (χ1n) is 5.50. The molecule has 1 aromatic heterocycles. The maximum absolute atomic E-state index is 11.1. The van der Waals surface area contributed by atoms with Gasteiger partial charge in [-0.3, -0.25) is 4.79 Å². The van der Waals surface area contributed by atoms with Gasteiger partial charge in [0, 0.05) is 15.6 Å². The van der Waals surface area contributed by atoms with Crippen LogP contribution >= 0.6 is 27.5 Å². The number of hydrogen-bond acceptors (Lipinski definition) is 3. The van der Waals surface area contributed by atoms with E-state index in [1.54, 1.807) is 18.2 Å². The zero-order valence-electron chi connectivity index (χ0n) is 9.56. The van der Waals surface area contributed by atoms with Gasteiger partial charge in [0.25, 0.3) is 5.24 Å². The van der Waals surface area contributed by atoms with Crippen molar-refractivity contribution < 1.29 is 9.21 Å². The van der Waals surface area contributed by atoms with Gasteiger partial charge in [0.05, 0.1) is 0 Å². The third kappa shape index (κ3) is 2.41. The van der Waals surface area contributed by atoms with E-state index in [-0.39, 0.29) is 0 Å². The van der Waals surface area contributed by atoms with E-state index in [1.165, 1.54) is 0 Å². The smallest absolute Gasteiger partial charge is 0.252 e. The van der Waals surface area contributed by atoms with Crippen LogP contribution in [0.2, 0.25) is 0 Å². The Morgan fingerprint density at radius 2 is 2.05 bits per heavy atom. The minimum absolute atomic E-state index is 0.406. The molecule has 1 heterocycles. The number of aromatic nitrogens is 1. The van der Waals surface area contributed by atoms with Crippen LogP contribution in [0.3, 0.4) is 0 Å². The second-order valence-electron chi connectivity index (χ2n) is 3.99. The third-order valence-electron chi connectivity index (χ3n) is 2.69. The summed E-state index contributed by atoms with van der Waals surface area (Å²) in [4.78, 5) is 15.5. The quantitative estimate of drug-likeness (QED) is 0.640. The summed E-state index contributed by atoms with van der Waals surface area (Å²) in [5.41, 5.74) is 2.51. The normalized spacial score (nSPS) is 10.8. The fourth-order valence-corrected chi connectivity index (χ4v) is 2.31. The Hall–Kier alpha value is -1.65. The zero-order valence-corrected chi connectivity index (χ0v) is 11.9. The Labute approximate surface area is 122 Å². The predicted molar refractivity (Wildman–Crippen MR) is 77.3 cm³/mol. The second-order valence-corrected chi connectivity index (χ2v) is 5.24. The van der Waals surface area contributed by atoms with Gasteiger partial charge in [-0.05, 0) is 48.0 Å². The lowest BCUT2D eigenvalue weighted by Gasteiger charge is -1.94. The molecule has 3 rings (SSSR count). The van der Waals surface area contributed by atoms with Gasteiger partial charge in [0.15, 0.2) is 5.58 Å². The van der Waals surface area contributed by atoms with E-state index in [2.05, 4.69) is 20.9 Å². The van der Waals surface area contributed by atoms with Crippen LogP contribution in [0.1, 0.15) is 10.4 Å². The maximum atomic E-state index is 11.1. The summed E-state index contributed by atoms with van der Waals surface area (Å²) in [7, 11) is 0. The molecular formula is C14H7BrClNO2. The van der Waals surface area contributed by atoms with Crippen LogP contribution in [0, 0.1) is 0 Å². The molecular weight excluding hydrogens is 330 g/mol. The molecule has 0 saturated carbocycles. The molecule has 0 atom stereocenters. The third-order valence-corrected chi connectivity index (χ3v) is 3.40. The molecule has 0 aliphatic rings. The topological polar surface area (TPSA) is 43.1 Å². The molecule has 94 valence electrons. The van der Waals surface area contributed by atoms with Crippen LogP contribution < -0.4 is 0 Å². The Balaban J connectivity index is 2.14. The van der Waals surface area contributed by atoms with E-state index >= 15 is 0 Å². The number of hydrogen-bond donors (Lipinski definition) is 0. The first-order valence-corrected chi connectivity index (χ1v) is 6.67. The highest BCUT2D eigenvalue weighted by Crippen LogP contribution is 2.27. The van der Waals surface area contributed by atoms with Crippen LogP contribution in [0.15, 0.2) is 51.4 Å². The minimum atomic E-state index is -0.506. The van der Waals surface area contributed by atoms with Gasteiger partial charge in [-0.2, -0.15) is 0 Å². The number of benzene rings is 2. The van der Waals surface area contributed by atoms with E-state index < -0.39 is 5.24 Å². The van der Waals surface area contributed by atoms with Crippen molar-refractivity contribution in [1.82, 2.24) is 4.98 Å². The average Bonchev–Trinajstić information content (AvgIpc) is 2.81. The van der Waals surface area contributed by atoms with Crippen LogP contribution in [-0.2, 0) is 0 Å². The van der Waals surface area contributed by atoms with E-state index in [1.807, 2.05) is 24.3 Å². The molecule has 0 bridgehead atoms. The highest BCUT2D eigenvalue weighted by Gasteiger charge is 2.10. The molecule has 0 amide bonds. The standard InChI is InChI=1S/C14H7BrClNO2/c15-10-3-1-2-9(6-10)14-17-11-7-8(13(16)18)4-5-12(11)19-14/h1-7H. The highest BCUT2D eigenvalue weighted by atomic mass is 79.9. The summed E-state index contributed by atoms with van der Waals surface area (Å²) in [5.74, 6) is 0.510. The number of carbonyl (C=O) groups excluding carboxylic acids is 1. The van der Waals surface area contributed by atoms with Crippen molar-refractivity contribution >= 4 is 43.9 Å². The lowest BCUT2D eigenvalue weighted by molar-refractivity contribution is 0.108. The SMILES string of the molecule is O=C(Cl)c1ccc2oc(-c3cccc(Br)c3)nc2c1. The first-order chi connectivity index (χ1) is 9.13. The molecule has 2 aromatic carbocycles. The molecule has 0 saturated heterocycles. The lowest BCUT2D eigenvalue weighted by Crippen LogP contribution is -1.86. The molecule has 0 aliphatic carbocycles.